The average molecular weight is 422 g/mol. The van der Waals surface area contributed by atoms with Crippen LogP contribution in [0, 0.1) is 0 Å². The highest BCUT2D eigenvalue weighted by Crippen LogP contribution is 2.21. The van der Waals surface area contributed by atoms with Crippen molar-refractivity contribution in [3.05, 3.63) is 59.9 Å². The molecule has 0 unspecified atom stereocenters. The van der Waals surface area contributed by atoms with Crippen molar-refractivity contribution in [1.82, 2.24) is 24.5 Å². The van der Waals surface area contributed by atoms with Crippen molar-refractivity contribution in [2.24, 2.45) is 0 Å². The first-order valence-electron chi connectivity index (χ1n) is 10.3. The number of hydrogen-bond acceptors (Lipinski definition) is 6. The van der Waals surface area contributed by atoms with Crippen molar-refractivity contribution in [2.45, 2.75) is 6.42 Å². The molecular weight excluding hydrogens is 398 g/mol. The maximum Gasteiger partial charge on any atom is 0.203 e. The first-order chi connectivity index (χ1) is 14.8. The number of benzene rings is 2. The van der Waals surface area contributed by atoms with Crippen LogP contribution in [0.4, 0.5) is 11.5 Å². The molecule has 4 aromatic rings. The molecule has 3 heterocycles. The van der Waals surface area contributed by atoms with E-state index in [2.05, 4.69) is 31.4 Å². The molecule has 0 amide bonds. The van der Waals surface area contributed by atoms with E-state index in [1.165, 1.54) is 5.69 Å². The summed E-state index contributed by atoms with van der Waals surface area (Å²) in [7, 11) is 0. The number of halogens is 1. The topological polar surface area (TPSA) is 61.6 Å². The van der Waals surface area contributed by atoms with Gasteiger partial charge in [0.15, 0.2) is 5.82 Å². The number of anilines is 2. The third-order valence-electron chi connectivity index (χ3n) is 5.62. The maximum atomic E-state index is 6.13. The lowest BCUT2D eigenvalue weighted by Gasteiger charge is -2.36. The zero-order valence-electron chi connectivity index (χ0n) is 16.7. The van der Waals surface area contributed by atoms with Crippen LogP contribution in [0.1, 0.15) is 6.42 Å². The molecule has 30 heavy (non-hydrogen) atoms. The molecule has 8 heteroatoms. The van der Waals surface area contributed by atoms with Crippen molar-refractivity contribution in [2.75, 3.05) is 49.5 Å². The highest BCUT2D eigenvalue weighted by Gasteiger charge is 2.17. The Morgan fingerprint density at radius 1 is 1.00 bits per heavy atom. The molecule has 0 saturated carbocycles. The number of aromatic nitrogens is 4. The summed E-state index contributed by atoms with van der Waals surface area (Å²) in [6.45, 7) is 6.10. The van der Waals surface area contributed by atoms with E-state index in [9.17, 15) is 0 Å². The number of nitrogens with one attached hydrogen (secondary N) is 1. The zero-order chi connectivity index (χ0) is 20.3. The lowest BCUT2D eigenvalue weighted by Crippen LogP contribution is -2.46. The number of nitrogens with zero attached hydrogens (tertiary/aromatic N) is 6. The lowest BCUT2D eigenvalue weighted by atomic mass is 10.2. The largest absolute Gasteiger partial charge is 0.369 e. The van der Waals surface area contributed by atoms with Gasteiger partial charge >= 0.3 is 0 Å². The Kier molecular flexibility index (Phi) is 5.38. The van der Waals surface area contributed by atoms with Gasteiger partial charge in [-0.2, -0.15) is 0 Å². The highest BCUT2D eigenvalue weighted by molar-refractivity contribution is 6.30. The third-order valence-corrected chi connectivity index (χ3v) is 5.86. The van der Waals surface area contributed by atoms with Gasteiger partial charge in [-0.15, -0.1) is 10.2 Å². The van der Waals surface area contributed by atoms with Crippen LogP contribution >= 0.6 is 11.6 Å². The summed E-state index contributed by atoms with van der Waals surface area (Å²) < 4.78 is 1.99. The van der Waals surface area contributed by atoms with Crippen LogP contribution in [0.5, 0.6) is 0 Å². The van der Waals surface area contributed by atoms with E-state index in [-0.39, 0.29) is 0 Å². The standard InChI is InChI=1S/C22H24ClN7/c23-17-5-3-6-18(15-17)29-13-11-28(12-14-29)10-4-9-24-21-22-27-25-16-30(22)20-8-2-1-7-19(20)26-21/h1-3,5-8,15-16H,4,9-14H2,(H,24,26). The van der Waals surface area contributed by atoms with Crippen LogP contribution in [-0.4, -0.2) is 63.8 Å². The van der Waals surface area contributed by atoms with Crippen LogP contribution in [-0.2, 0) is 0 Å². The van der Waals surface area contributed by atoms with Crippen LogP contribution in [0.15, 0.2) is 54.9 Å². The van der Waals surface area contributed by atoms with E-state index in [1.807, 2.05) is 46.9 Å². The van der Waals surface area contributed by atoms with E-state index >= 15 is 0 Å². The maximum absolute atomic E-state index is 6.13. The molecule has 0 spiro atoms. The summed E-state index contributed by atoms with van der Waals surface area (Å²) in [5.41, 5.74) is 3.93. The van der Waals surface area contributed by atoms with Gasteiger partial charge in [0.25, 0.3) is 0 Å². The van der Waals surface area contributed by atoms with Crippen molar-refractivity contribution >= 4 is 39.8 Å². The van der Waals surface area contributed by atoms with Crippen LogP contribution in [0.2, 0.25) is 5.02 Å². The number of fused-ring (bicyclic) bond motifs is 3. The lowest BCUT2D eigenvalue weighted by molar-refractivity contribution is 0.257. The fourth-order valence-electron chi connectivity index (χ4n) is 4.04. The number of hydrogen-bond donors (Lipinski definition) is 1. The normalized spacial score (nSPS) is 15.2. The fourth-order valence-corrected chi connectivity index (χ4v) is 4.22. The van der Waals surface area contributed by atoms with Gasteiger partial charge in [-0.1, -0.05) is 29.8 Å². The van der Waals surface area contributed by atoms with Gasteiger partial charge < -0.3 is 10.2 Å². The molecule has 0 aliphatic carbocycles. The molecule has 154 valence electrons. The van der Waals surface area contributed by atoms with Crippen LogP contribution in [0.25, 0.3) is 16.7 Å². The van der Waals surface area contributed by atoms with Crippen molar-refractivity contribution < 1.29 is 0 Å². The molecular formula is C22H24ClN7. The Hall–Kier alpha value is -2.90. The molecule has 1 aliphatic heterocycles. The Labute approximate surface area is 180 Å². The van der Waals surface area contributed by atoms with Gasteiger partial charge in [0.05, 0.1) is 11.0 Å². The summed E-state index contributed by atoms with van der Waals surface area (Å²) in [6, 6.07) is 16.2. The molecule has 7 nitrogen and oxygen atoms in total. The van der Waals surface area contributed by atoms with Crippen LogP contribution < -0.4 is 10.2 Å². The first-order valence-corrected chi connectivity index (χ1v) is 10.7. The average Bonchev–Trinajstić information content (AvgIpc) is 3.28. The molecule has 1 saturated heterocycles. The SMILES string of the molecule is Clc1cccc(N2CCN(CCCNc3nc4ccccc4n4cnnc34)CC2)c1. The van der Waals surface area contributed by atoms with Gasteiger partial charge in [-0.25, -0.2) is 4.98 Å². The number of rotatable bonds is 6. The van der Waals surface area contributed by atoms with Gasteiger partial charge in [-0.05, 0) is 43.3 Å². The van der Waals surface area contributed by atoms with E-state index in [0.717, 1.165) is 73.2 Å². The summed E-state index contributed by atoms with van der Waals surface area (Å²) in [5.74, 6) is 0.789. The molecule has 1 N–H and O–H groups in total. The third kappa shape index (κ3) is 3.91. The Bertz CT molecular complexity index is 1150. The first kappa shape index (κ1) is 19.1. The highest BCUT2D eigenvalue weighted by atomic mass is 35.5. The molecule has 1 fully saturated rings. The van der Waals surface area contributed by atoms with Gasteiger partial charge in [-0.3, -0.25) is 9.30 Å². The molecule has 5 rings (SSSR count). The Balaban J connectivity index is 1.14. The van der Waals surface area contributed by atoms with Crippen molar-refractivity contribution in [1.29, 1.82) is 0 Å². The van der Waals surface area contributed by atoms with E-state index in [0.29, 0.717) is 0 Å². The van der Waals surface area contributed by atoms with Gasteiger partial charge in [0.1, 0.15) is 6.33 Å². The van der Waals surface area contributed by atoms with E-state index < -0.39 is 0 Å². The van der Waals surface area contributed by atoms with Gasteiger partial charge in [0, 0.05) is 43.4 Å². The second-order valence-corrected chi connectivity index (χ2v) is 8.00. The minimum atomic E-state index is 0.767. The van der Waals surface area contributed by atoms with Gasteiger partial charge in [0.2, 0.25) is 5.65 Å². The summed E-state index contributed by atoms with van der Waals surface area (Å²) in [4.78, 5) is 9.67. The molecule has 2 aromatic carbocycles. The smallest absolute Gasteiger partial charge is 0.203 e. The predicted molar refractivity (Wildman–Crippen MR) is 121 cm³/mol. The van der Waals surface area contributed by atoms with E-state index in [1.54, 1.807) is 6.33 Å². The summed E-state index contributed by atoms with van der Waals surface area (Å²) in [6.07, 6.45) is 2.79. The fraction of sp³-hybridized carbons (Fsp3) is 0.318. The summed E-state index contributed by atoms with van der Waals surface area (Å²) in [5, 5.41) is 12.6. The molecule has 2 aromatic heterocycles. The second kappa shape index (κ2) is 8.45. The van der Waals surface area contributed by atoms with E-state index in [4.69, 9.17) is 16.6 Å². The van der Waals surface area contributed by atoms with Crippen molar-refractivity contribution in [3.8, 4) is 0 Å². The molecule has 0 bridgehead atoms. The quantitative estimate of drug-likeness (QED) is 0.480. The molecule has 0 radical (unpaired) electrons. The Morgan fingerprint density at radius 2 is 1.87 bits per heavy atom. The van der Waals surface area contributed by atoms with Crippen LogP contribution in [0.3, 0.4) is 0 Å². The minimum Gasteiger partial charge on any atom is -0.369 e. The van der Waals surface area contributed by atoms with Crippen molar-refractivity contribution in [3.63, 3.8) is 0 Å². The second-order valence-electron chi connectivity index (χ2n) is 7.56. The number of para-hydroxylation sites is 2. The summed E-state index contributed by atoms with van der Waals surface area (Å²) >= 11 is 6.13. The molecule has 0 atom stereocenters. The molecule has 1 aliphatic rings. The Morgan fingerprint density at radius 3 is 2.73 bits per heavy atom. The number of piperazine rings is 1. The minimum absolute atomic E-state index is 0.767. The zero-order valence-corrected chi connectivity index (χ0v) is 17.5. The monoisotopic (exact) mass is 421 g/mol. The predicted octanol–water partition coefficient (Wildman–Crippen LogP) is 3.56.